The van der Waals surface area contributed by atoms with Gasteiger partial charge in [0.25, 0.3) is 0 Å². The van der Waals surface area contributed by atoms with Crippen LogP contribution in [0.1, 0.15) is 45.1 Å². The van der Waals surface area contributed by atoms with Crippen molar-refractivity contribution in [3.63, 3.8) is 0 Å². The molecule has 0 aliphatic carbocycles. The predicted molar refractivity (Wildman–Crippen MR) is 90.0 cm³/mol. The van der Waals surface area contributed by atoms with Gasteiger partial charge in [-0.2, -0.15) is 0 Å². The molecule has 1 heterocycles. The lowest BCUT2D eigenvalue weighted by molar-refractivity contribution is -0.128. The lowest BCUT2D eigenvalue weighted by Gasteiger charge is -2.31. The van der Waals surface area contributed by atoms with Crippen molar-refractivity contribution in [1.82, 2.24) is 10.3 Å². The minimum atomic E-state index is -0.697. The molecule has 1 amide bonds. The lowest BCUT2D eigenvalue weighted by atomic mass is 9.78. The molecule has 0 unspecified atom stereocenters. The van der Waals surface area contributed by atoms with Crippen LogP contribution >= 0.6 is 12.2 Å². The van der Waals surface area contributed by atoms with Gasteiger partial charge in [0.15, 0.2) is 0 Å². The highest BCUT2D eigenvalue weighted by atomic mass is 32.1. The molecule has 0 bridgehead atoms. The summed E-state index contributed by atoms with van der Waals surface area (Å²) in [5, 5.41) is 3.00. The average molecular weight is 307 g/mol. The summed E-state index contributed by atoms with van der Waals surface area (Å²) < 4.78 is 0. The number of carbonyl (C=O) groups is 1. The van der Waals surface area contributed by atoms with Gasteiger partial charge >= 0.3 is 0 Å². The fraction of sp³-hybridized carbons (Fsp3) is 0.562. The Kier molecular flexibility index (Phi) is 7.29. The second kappa shape index (κ2) is 8.72. The van der Waals surface area contributed by atoms with Gasteiger partial charge in [-0.1, -0.05) is 38.9 Å². The summed E-state index contributed by atoms with van der Waals surface area (Å²) in [6.45, 7) is 4.68. The van der Waals surface area contributed by atoms with Gasteiger partial charge in [0.05, 0.1) is 10.4 Å². The first-order valence-electron chi connectivity index (χ1n) is 7.54. The third-order valence-corrected chi connectivity index (χ3v) is 4.10. The van der Waals surface area contributed by atoms with E-state index in [2.05, 4.69) is 10.3 Å². The molecule has 3 N–H and O–H groups in total. The summed E-state index contributed by atoms with van der Waals surface area (Å²) in [6.07, 6.45) is 7.47. The zero-order valence-electron chi connectivity index (χ0n) is 12.9. The number of amides is 1. The second-order valence-electron chi connectivity index (χ2n) is 5.31. The summed E-state index contributed by atoms with van der Waals surface area (Å²) in [4.78, 5) is 16.9. The van der Waals surface area contributed by atoms with Crippen molar-refractivity contribution >= 4 is 23.1 Å². The molecule has 0 atom stereocenters. The summed E-state index contributed by atoms with van der Waals surface area (Å²) >= 11 is 5.19. The van der Waals surface area contributed by atoms with E-state index in [-0.39, 0.29) is 5.91 Å². The summed E-state index contributed by atoms with van der Waals surface area (Å²) in [5.41, 5.74) is 6.34. The number of rotatable bonds is 9. The number of nitrogens with one attached hydrogen (secondary N) is 1. The van der Waals surface area contributed by atoms with Crippen LogP contribution in [0.3, 0.4) is 0 Å². The Labute approximate surface area is 132 Å². The topological polar surface area (TPSA) is 68.0 Å². The molecule has 0 aliphatic heterocycles. The van der Waals surface area contributed by atoms with Crippen LogP contribution in [-0.4, -0.2) is 22.4 Å². The molecule has 0 aromatic carbocycles. The van der Waals surface area contributed by atoms with Crippen LogP contribution in [0, 0.1) is 5.41 Å². The van der Waals surface area contributed by atoms with Gasteiger partial charge in [0, 0.05) is 18.9 Å². The van der Waals surface area contributed by atoms with Gasteiger partial charge in [-0.15, -0.1) is 0 Å². The van der Waals surface area contributed by atoms with Crippen LogP contribution in [0.5, 0.6) is 0 Å². The SMILES string of the molecule is CCCC(CCC)(C(=O)NCCc1ccncc1)C(N)=S. The molecule has 1 aromatic heterocycles. The molecule has 4 nitrogen and oxygen atoms in total. The predicted octanol–water partition coefficient (Wildman–Crippen LogP) is 2.61. The molecule has 0 fully saturated rings. The normalized spacial score (nSPS) is 11.1. The maximum Gasteiger partial charge on any atom is 0.233 e. The van der Waals surface area contributed by atoms with E-state index < -0.39 is 5.41 Å². The van der Waals surface area contributed by atoms with Gasteiger partial charge in [-0.3, -0.25) is 9.78 Å². The summed E-state index contributed by atoms with van der Waals surface area (Å²) in [7, 11) is 0. The monoisotopic (exact) mass is 307 g/mol. The number of nitrogens with two attached hydrogens (primary N) is 1. The van der Waals surface area contributed by atoms with Gasteiger partial charge in [0.1, 0.15) is 0 Å². The zero-order valence-corrected chi connectivity index (χ0v) is 13.7. The first-order valence-corrected chi connectivity index (χ1v) is 7.94. The standard InChI is InChI=1S/C16H25N3OS/c1-3-8-16(9-4-2,14(17)21)15(20)19-12-7-13-5-10-18-11-6-13/h5-6,10-11H,3-4,7-9,12H2,1-2H3,(H2,17,21)(H,19,20). The number of nitrogens with zero attached hydrogens (tertiary/aromatic N) is 1. The van der Waals surface area contributed by atoms with E-state index in [1.807, 2.05) is 26.0 Å². The molecule has 0 aliphatic rings. The minimum absolute atomic E-state index is 0.0345. The van der Waals surface area contributed by atoms with Crippen molar-refractivity contribution in [3.05, 3.63) is 30.1 Å². The van der Waals surface area contributed by atoms with E-state index in [0.717, 1.165) is 24.8 Å². The van der Waals surface area contributed by atoms with Crippen LogP contribution in [-0.2, 0) is 11.2 Å². The van der Waals surface area contributed by atoms with Crippen molar-refractivity contribution in [2.45, 2.75) is 46.0 Å². The zero-order chi connectivity index (χ0) is 15.7. The van der Waals surface area contributed by atoms with E-state index in [0.29, 0.717) is 24.4 Å². The quantitative estimate of drug-likeness (QED) is 0.688. The van der Waals surface area contributed by atoms with E-state index in [4.69, 9.17) is 18.0 Å². The van der Waals surface area contributed by atoms with E-state index in [9.17, 15) is 4.79 Å². The number of carbonyl (C=O) groups excluding carboxylic acids is 1. The van der Waals surface area contributed by atoms with E-state index >= 15 is 0 Å². The maximum atomic E-state index is 12.6. The van der Waals surface area contributed by atoms with Crippen molar-refractivity contribution < 1.29 is 4.79 Å². The van der Waals surface area contributed by atoms with Crippen LogP contribution in [0.2, 0.25) is 0 Å². The molecule has 5 heteroatoms. The highest BCUT2D eigenvalue weighted by molar-refractivity contribution is 7.80. The van der Waals surface area contributed by atoms with Crippen LogP contribution in [0.25, 0.3) is 0 Å². The highest BCUT2D eigenvalue weighted by Gasteiger charge is 2.39. The molecule has 0 saturated heterocycles. The Balaban J connectivity index is 2.66. The lowest BCUT2D eigenvalue weighted by Crippen LogP contribution is -2.49. The van der Waals surface area contributed by atoms with Gasteiger partial charge in [-0.05, 0) is 37.0 Å². The Morgan fingerprint density at radius 1 is 1.29 bits per heavy atom. The Morgan fingerprint density at radius 2 is 1.86 bits per heavy atom. The second-order valence-corrected chi connectivity index (χ2v) is 5.75. The molecule has 0 radical (unpaired) electrons. The molecule has 116 valence electrons. The Hall–Kier alpha value is -1.49. The number of hydrogen-bond acceptors (Lipinski definition) is 3. The van der Waals surface area contributed by atoms with E-state index in [1.165, 1.54) is 0 Å². The van der Waals surface area contributed by atoms with Gasteiger partial charge < -0.3 is 11.1 Å². The molecule has 0 spiro atoms. The third kappa shape index (κ3) is 4.77. The average Bonchev–Trinajstić information content (AvgIpc) is 2.47. The first-order chi connectivity index (χ1) is 10.1. The minimum Gasteiger partial charge on any atom is -0.392 e. The molecular formula is C16H25N3OS. The fourth-order valence-corrected chi connectivity index (χ4v) is 2.90. The fourth-order valence-electron chi connectivity index (χ4n) is 2.60. The number of aromatic nitrogens is 1. The van der Waals surface area contributed by atoms with Crippen LogP contribution in [0.4, 0.5) is 0 Å². The van der Waals surface area contributed by atoms with Gasteiger partial charge in [-0.25, -0.2) is 0 Å². The Morgan fingerprint density at radius 3 is 2.33 bits per heavy atom. The Bertz CT molecular complexity index is 456. The van der Waals surface area contributed by atoms with Crippen molar-refractivity contribution in [2.75, 3.05) is 6.54 Å². The molecule has 1 aromatic rings. The first kappa shape index (κ1) is 17.6. The third-order valence-electron chi connectivity index (χ3n) is 3.71. The van der Waals surface area contributed by atoms with Crippen LogP contribution in [0.15, 0.2) is 24.5 Å². The number of thiocarbonyl (C=S) groups is 1. The highest BCUT2D eigenvalue weighted by Crippen LogP contribution is 2.30. The molecule has 0 saturated carbocycles. The largest absolute Gasteiger partial charge is 0.392 e. The van der Waals surface area contributed by atoms with E-state index in [1.54, 1.807) is 12.4 Å². The van der Waals surface area contributed by atoms with Gasteiger partial charge in [0.2, 0.25) is 5.91 Å². The number of hydrogen-bond donors (Lipinski definition) is 2. The molecule has 21 heavy (non-hydrogen) atoms. The smallest absolute Gasteiger partial charge is 0.233 e. The summed E-state index contributed by atoms with van der Waals surface area (Å²) in [5.74, 6) is -0.0345. The maximum absolute atomic E-state index is 12.6. The summed E-state index contributed by atoms with van der Waals surface area (Å²) in [6, 6.07) is 3.90. The van der Waals surface area contributed by atoms with Crippen molar-refractivity contribution in [1.29, 1.82) is 0 Å². The van der Waals surface area contributed by atoms with Crippen LogP contribution < -0.4 is 11.1 Å². The molecular weight excluding hydrogens is 282 g/mol. The molecule has 1 rings (SSSR count). The van der Waals surface area contributed by atoms with Crippen molar-refractivity contribution in [2.24, 2.45) is 11.1 Å². The number of pyridine rings is 1. The van der Waals surface area contributed by atoms with Crippen molar-refractivity contribution in [3.8, 4) is 0 Å².